The second-order valence-corrected chi connectivity index (χ2v) is 3.55. The van der Waals surface area contributed by atoms with Crippen molar-refractivity contribution >= 4 is 0 Å². The third-order valence-corrected chi connectivity index (χ3v) is 1.93. The molecule has 0 amide bonds. The zero-order valence-electron chi connectivity index (χ0n) is 8.79. The Kier molecular flexibility index (Phi) is 3.32. The fourth-order valence-electron chi connectivity index (χ4n) is 1.32. The molecule has 1 rings (SSSR count). The van der Waals surface area contributed by atoms with Gasteiger partial charge in [-0.15, -0.1) is 0 Å². The fourth-order valence-corrected chi connectivity index (χ4v) is 1.32. The number of ether oxygens (including phenoxy) is 1. The molecule has 0 N–H and O–H groups in total. The van der Waals surface area contributed by atoms with Crippen LogP contribution in [0.3, 0.4) is 0 Å². The van der Waals surface area contributed by atoms with E-state index in [9.17, 15) is 0 Å². The molecule has 0 heterocycles. The summed E-state index contributed by atoms with van der Waals surface area (Å²) in [6, 6.07) is 6.30. The first-order chi connectivity index (χ1) is 6.13. The second kappa shape index (κ2) is 4.28. The van der Waals surface area contributed by atoms with Crippen molar-refractivity contribution in [2.45, 2.75) is 13.5 Å². The lowest BCUT2D eigenvalue weighted by molar-refractivity contribution is 0.371. The third-order valence-electron chi connectivity index (χ3n) is 1.93. The Morgan fingerprint density at radius 1 is 1.31 bits per heavy atom. The molecule has 0 aliphatic carbocycles. The van der Waals surface area contributed by atoms with Crippen molar-refractivity contribution in [1.82, 2.24) is 4.90 Å². The molecule has 13 heavy (non-hydrogen) atoms. The monoisotopic (exact) mass is 179 g/mol. The number of methoxy groups -OCH3 is 1. The minimum atomic E-state index is 0.920. The summed E-state index contributed by atoms with van der Waals surface area (Å²) in [5.74, 6) is 0.980. The zero-order chi connectivity index (χ0) is 9.84. The van der Waals surface area contributed by atoms with Crippen LogP contribution >= 0.6 is 0 Å². The summed E-state index contributed by atoms with van der Waals surface area (Å²) in [5, 5.41) is 0. The topological polar surface area (TPSA) is 12.5 Å². The predicted molar refractivity (Wildman–Crippen MR) is 55.1 cm³/mol. The van der Waals surface area contributed by atoms with Crippen LogP contribution in [-0.2, 0) is 6.54 Å². The molecule has 0 fully saturated rings. The Morgan fingerprint density at radius 2 is 2.00 bits per heavy atom. The molecule has 1 aromatic rings. The largest absolute Gasteiger partial charge is 0.496 e. The van der Waals surface area contributed by atoms with E-state index in [1.54, 1.807) is 7.11 Å². The van der Waals surface area contributed by atoms with Crippen LogP contribution in [0.5, 0.6) is 5.75 Å². The molecule has 2 heteroatoms. The average molecular weight is 179 g/mol. The molecular weight excluding hydrogens is 162 g/mol. The van der Waals surface area contributed by atoms with E-state index in [0.717, 1.165) is 12.3 Å². The first kappa shape index (κ1) is 10.1. The van der Waals surface area contributed by atoms with Crippen LogP contribution in [0, 0.1) is 6.92 Å². The van der Waals surface area contributed by atoms with Gasteiger partial charge in [-0.2, -0.15) is 0 Å². The van der Waals surface area contributed by atoms with Crippen molar-refractivity contribution in [2.75, 3.05) is 21.2 Å². The first-order valence-corrected chi connectivity index (χ1v) is 4.41. The van der Waals surface area contributed by atoms with Crippen LogP contribution < -0.4 is 4.74 Å². The summed E-state index contributed by atoms with van der Waals surface area (Å²) in [6.45, 7) is 2.99. The minimum absolute atomic E-state index is 0.920. The van der Waals surface area contributed by atoms with Gasteiger partial charge in [0.2, 0.25) is 0 Å². The van der Waals surface area contributed by atoms with Gasteiger partial charge in [0.05, 0.1) is 7.11 Å². The molecule has 1 aromatic carbocycles. The maximum absolute atomic E-state index is 5.30. The molecule has 0 saturated heterocycles. The number of hydrogen-bond acceptors (Lipinski definition) is 2. The molecule has 72 valence electrons. The van der Waals surface area contributed by atoms with Crippen molar-refractivity contribution in [2.24, 2.45) is 0 Å². The van der Waals surface area contributed by atoms with Crippen LogP contribution in [-0.4, -0.2) is 26.1 Å². The van der Waals surface area contributed by atoms with E-state index >= 15 is 0 Å². The Balaban J connectivity index is 2.92. The Hall–Kier alpha value is -1.02. The van der Waals surface area contributed by atoms with Gasteiger partial charge in [0.25, 0.3) is 0 Å². The maximum atomic E-state index is 5.30. The van der Waals surface area contributed by atoms with Crippen molar-refractivity contribution in [3.8, 4) is 5.75 Å². The van der Waals surface area contributed by atoms with E-state index in [0.29, 0.717) is 0 Å². The summed E-state index contributed by atoms with van der Waals surface area (Å²) in [6.07, 6.45) is 0. The lowest BCUT2D eigenvalue weighted by Crippen LogP contribution is -2.11. The van der Waals surface area contributed by atoms with E-state index in [1.165, 1.54) is 11.1 Å². The summed E-state index contributed by atoms with van der Waals surface area (Å²) < 4.78 is 5.30. The molecule has 2 nitrogen and oxygen atoms in total. The highest BCUT2D eigenvalue weighted by Gasteiger charge is 2.03. The van der Waals surface area contributed by atoms with Gasteiger partial charge in [0, 0.05) is 12.1 Å². The van der Waals surface area contributed by atoms with E-state index in [2.05, 4.69) is 44.1 Å². The SMILES string of the molecule is COc1cc(C)ccc1CN(C)C. The van der Waals surface area contributed by atoms with Crippen molar-refractivity contribution in [3.63, 3.8) is 0 Å². The highest BCUT2D eigenvalue weighted by molar-refractivity contribution is 5.36. The molecule has 0 bridgehead atoms. The first-order valence-electron chi connectivity index (χ1n) is 4.41. The van der Waals surface area contributed by atoms with Gasteiger partial charge >= 0.3 is 0 Å². The molecule has 0 aliphatic rings. The smallest absolute Gasteiger partial charge is 0.123 e. The number of nitrogens with zero attached hydrogens (tertiary/aromatic N) is 1. The number of hydrogen-bond donors (Lipinski definition) is 0. The normalized spacial score (nSPS) is 10.5. The van der Waals surface area contributed by atoms with Gasteiger partial charge in [-0.1, -0.05) is 12.1 Å². The van der Waals surface area contributed by atoms with Crippen LogP contribution in [0.2, 0.25) is 0 Å². The van der Waals surface area contributed by atoms with E-state index in [4.69, 9.17) is 4.74 Å². The van der Waals surface area contributed by atoms with E-state index in [-0.39, 0.29) is 0 Å². The zero-order valence-corrected chi connectivity index (χ0v) is 8.79. The van der Waals surface area contributed by atoms with Crippen molar-refractivity contribution in [1.29, 1.82) is 0 Å². The molecule has 0 spiro atoms. The van der Waals surface area contributed by atoms with E-state index in [1.807, 2.05) is 0 Å². The quantitative estimate of drug-likeness (QED) is 0.704. The lowest BCUT2D eigenvalue weighted by atomic mass is 10.1. The molecular formula is C11H17NO. The standard InChI is InChI=1S/C11H17NO/c1-9-5-6-10(8-12(2)3)11(7-9)13-4/h5-7H,8H2,1-4H3. The van der Waals surface area contributed by atoms with Gasteiger partial charge in [0.15, 0.2) is 0 Å². The molecule has 0 aromatic heterocycles. The molecule has 0 saturated carbocycles. The highest BCUT2D eigenvalue weighted by Crippen LogP contribution is 2.20. The average Bonchev–Trinajstić information content (AvgIpc) is 2.07. The van der Waals surface area contributed by atoms with Gasteiger partial charge in [0.1, 0.15) is 5.75 Å². The Labute approximate surface area is 80.1 Å². The van der Waals surface area contributed by atoms with Gasteiger partial charge in [-0.25, -0.2) is 0 Å². The van der Waals surface area contributed by atoms with Crippen LogP contribution in [0.1, 0.15) is 11.1 Å². The molecule has 0 unspecified atom stereocenters. The maximum Gasteiger partial charge on any atom is 0.123 e. The number of benzene rings is 1. The fraction of sp³-hybridized carbons (Fsp3) is 0.455. The van der Waals surface area contributed by atoms with Gasteiger partial charge in [-0.05, 0) is 32.6 Å². The van der Waals surface area contributed by atoms with Crippen molar-refractivity contribution < 1.29 is 4.74 Å². The highest BCUT2D eigenvalue weighted by atomic mass is 16.5. The van der Waals surface area contributed by atoms with Gasteiger partial charge in [-0.3, -0.25) is 0 Å². The van der Waals surface area contributed by atoms with E-state index < -0.39 is 0 Å². The summed E-state index contributed by atoms with van der Waals surface area (Å²) >= 11 is 0. The second-order valence-electron chi connectivity index (χ2n) is 3.55. The molecule has 0 atom stereocenters. The van der Waals surface area contributed by atoms with Crippen LogP contribution in [0.25, 0.3) is 0 Å². The predicted octanol–water partition coefficient (Wildman–Crippen LogP) is 2.07. The van der Waals surface area contributed by atoms with Crippen molar-refractivity contribution in [3.05, 3.63) is 29.3 Å². The van der Waals surface area contributed by atoms with Crippen LogP contribution in [0.4, 0.5) is 0 Å². The number of rotatable bonds is 3. The number of aryl methyl sites for hydroxylation is 1. The lowest BCUT2D eigenvalue weighted by Gasteiger charge is -2.13. The molecule has 0 aliphatic heterocycles. The van der Waals surface area contributed by atoms with Crippen LogP contribution in [0.15, 0.2) is 18.2 Å². The van der Waals surface area contributed by atoms with Gasteiger partial charge < -0.3 is 9.64 Å². The summed E-state index contributed by atoms with van der Waals surface area (Å²) in [5.41, 5.74) is 2.47. The third kappa shape index (κ3) is 2.74. The summed E-state index contributed by atoms with van der Waals surface area (Å²) in [4.78, 5) is 2.13. The molecule has 0 radical (unpaired) electrons. The summed E-state index contributed by atoms with van der Waals surface area (Å²) in [7, 11) is 5.83. The Bertz CT molecular complexity index is 281. The Morgan fingerprint density at radius 3 is 2.54 bits per heavy atom. The minimum Gasteiger partial charge on any atom is -0.496 e.